The van der Waals surface area contributed by atoms with Crippen LogP contribution in [-0.2, 0) is 20.9 Å². The third kappa shape index (κ3) is 5.09. The molecule has 4 rings (SSSR count). The quantitative estimate of drug-likeness (QED) is 0.552. The van der Waals surface area contributed by atoms with Crippen LogP contribution >= 0.6 is 0 Å². The molecule has 5 nitrogen and oxygen atoms in total. The number of ether oxygens (including phenoxy) is 2. The molecule has 0 unspecified atom stereocenters. The zero-order valence-electron chi connectivity index (χ0n) is 20.6. The molecule has 2 aliphatic rings. The minimum atomic E-state index is -0.464. The largest absolute Gasteiger partial charge is 0.489 e. The first-order valence-electron chi connectivity index (χ1n) is 11.9. The van der Waals surface area contributed by atoms with E-state index in [1.807, 2.05) is 75.4 Å². The zero-order chi connectivity index (χ0) is 24.5. The number of carbonyl (C=O) groups excluding carboxylic acids is 2. The predicted octanol–water partition coefficient (Wildman–Crippen LogP) is 5.82. The third-order valence-corrected chi connectivity index (χ3v) is 6.26. The van der Waals surface area contributed by atoms with Crippen molar-refractivity contribution in [1.29, 1.82) is 0 Å². The summed E-state index contributed by atoms with van der Waals surface area (Å²) in [5.74, 6) is -0.0396. The van der Waals surface area contributed by atoms with Gasteiger partial charge in [-0.25, -0.2) is 4.79 Å². The van der Waals surface area contributed by atoms with Crippen molar-refractivity contribution >= 4 is 11.8 Å². The molecule has 0 radical (unpaired) electrons. The van der Waals surface area contributed by atoms with Gasteiger partial charge in [-0.2, -0.15) is 0 Å². The molecule has 0 aromatic heterocycles. The average molecular weight is 460 g/mol. The Labute approximate surface area is 201 Å². The monoisotopic (exact) mass is 459 g/mol. The second kappa shape index (κ2) is 9.49. The molecule has 0 spiro atoms. The average Bonchev–Trinajstić information content (AvgIpc) is 2.76. The van der Waals surface area contributed by atoms with Crippen LogP contribution in [0.5, 0.6) is 5.75 Å². The molecule has 5 heteroatoms. The van der Waals surface area contributed by atoms with E-state index >= 15 is 0 Å². The van der Waals surface area contributed by atoms with Crippen molar-refractivity contribution in [2.45, 2.75) is 66.1 Å². The molecule has 0 fully saturated rings. The minimum Gasteiger partial charge on any atom is -0.489 e. The van der Waals surface area contributed by atoms with Gasteiger partial charge in [0.25, 0.3) is 0 Å². The van der Waals surface area contributed by atoms with Crippen LogP contribution in [0.1, 0.15) is 64.5 Å². The number of Topliss-reactive ketones (excluding diaryl/α,β-unsaturated/α-hetero) is 1. The van der Waals surface area contributed by atoms with Crippen molar-refractivity contribution in [1.82, 2.24) is 5.32 Å². The van der Waals surface area contributed by atoms with Crippen LogP contribution in [0, 0.1) is 5.41 Å². The summed E-state index contributed by atoms with van der Waals surface area (Å²) in [7, 11) is 0. The van der Waals surface area contributed by atoms with Crippen molar-refractivity contribution in [3.8, 4) is 5.75 Å². The molecule has 1 heterocycles. The summed E-state index contributed by atoms with van der Waals surface area (Å²) in [6.07, 6.45) is 0.958. The predicted molar refractivity (Wildman–Crippen MR) is 132 cm³/mol. The Morgan fingerprint density at radius 2 is 1.74 bits per heavy atom. The van der Waals surface area contributed by atoms with Gasteiger partial charge >= 0.3 is 5.97 Å². The number of carbonyl (C=O) groups is 2. The maximum Gasteiger partial charge on any atom is 0.337 e. The molecule has 0 saturated heterocycles. The highest BCUT2D eigenvalue weighted by molar-refractivity contribution is 6.04. The Hall–Kier alpha value is -3.34. The molecule has 1 aliphatic carbocycles. The molecule has 2 aromatic carbocycles. The third-order valence-electron chi connectivity index (χ3n) is 6.26. The molecule has 34 heavy (non-hydrogen) atoms. The van der Waals surface area contributed by atoms with Gasteiger partial charge in [-0.3, -0.25) is 4.79 Å². The topological polar surface area (TPSA) is 64.6 Å². The summed E-state index contributed by atoms with van der Waals surface area (Å²) in [6, 6.07) is 17.7. The normalized spacial score (nSPS) is 19.6. The van der Waals surface area contributed by atoms with Crippen molar-refractivity contribution < 1.29 is 19.1 Å². The zero-order valence-corrected chi connectivity index (χ0v) is 20.6. The number of hydrogen-bond acceptors (Lipinski definition) is 5. The number of esters is 1. The molecule has 0 saturated carbocycles. The van der Waals surface area contributed by atoms with E-state index in [2.05, 4.69) is 19.2 Å². The van der Waals surface area contributed by atoms with Crippen LogP contribution in [0.4, 0.5) is 0 Å². The minimum absolute atomic E-state index is 0.0792. The summed E-state index contributed by atoms with van der Waals surface area (Å²) in [5, 5.41) is 3.37. The van der Waals surface area contributed by atoms with Gasteiger partial charge < -0.3 is 14.8 Å². The number of nitrogens with one attached hydrogen (secondary N) is 1. The second-order valence-electron chi connectivity index (χ2n) is 10.2. The molecular weight excluding hydrogens is 426 g/mol. The van der Waals surface area contributed by atoms with Gasteiger partial charge in [0, 0.05) is 29.3 Å². The Morgan fingerprint density at radius 1 is 1.06 bits per heavy atom. The fourth-order valence-corrected chi connectivity index (χ4v) is 4.81. The van der Waals surface area contributed by atoms with Gasteiger partial charge in [0.1, 0.15) is 12.4 Å². The Kier molecular flexibility index (Phi) is 6.65. The summed E-state index contributed by atoms with van der Waals surface area (Å²) >= 11 is 0. The SMILES string of the molecule is CC1=C(C(=O)OC(C)C)[C@H](c2ccc(OCc3ccccc3)cc2)C2=C(CC(C)(C)CC2=O)N1. The van der Waals surface area contributed by atoms with Crippen LogP contribution < -0.4 is 10.1 Å². The highest BCUT2D eigenvalue weighted by Gasteiger charge is 2.43. The van der Waals surface area contributed by atoms with Crippen molar-refractivity contribution in [3.63, 3.8) is 0 Å². The number of rotatable bonds is 6. The number of dihydropyridines is 1. The lowest BCUT2D eigenvalue weighted by molar-refractivity contribution is -0.143. The highest BCUT2D eigenvalue weighted by Crippen LogP contribution is 2.47. The van der Waals surface area contributed by atoms with Crippen LogP contribution in [-0.4, -0.2) is 17.9 Å². The van der Waals surface area contributed by atoms with Gasteiger partial charge in [0.2, 0.25) is 0 Å². The molecule has 0 amide bonds. The Morgan fingerprint density at radius 3 is 2.38 bits per heavy atom. The lowest BCUT2D eigenvalue weighted by Gasteiger charge is -2.39. The van der Waals surface area contributed by atoms with E-state index in [1.165, 1.54) is 0 Å². The molecule has 0 bridgehead atoms. The van der Waals surface area contributed by atoms with Crippen LogP contribution in [0.2, 0.25) is 0 Å². The van der Waals surface area contributed by atoms with Crippen molar-refractivity contribution in [2.75, 3.05) is 0 Å². The first kappa shape index (κ1) is 23.8. The number of benzene rings is 2. The van der Waals surface area contributed by atoms with E-state index in [0.717, 1.165) is 34.7 Å². The Balaban J connectivity index is 1.68. The fraction of sp³-hybridized carbons (Fsp3) is 0.379. The highest BCUT2D eigenvalue weighted by atomic mass is 16.5. The Bertz CT molecular complexity index is 1140. The smallest absolute Gasteiger partial charge is 0.337 e. The lowest BCUT2D eigenvalue weighted by atomic mass is 9.68. The maximum atomic E-state index is 13.4. The number of ketones is 1. The van der Waals surface area contributed by atoms with Crippen LogP contribution in [0.25, 0.3) is 0 Å². The van der Waals surface area contributed by atoms with Crippen molar-refractivity contribution in [2.24, 2.45) is 5.41 Å². The lowest BCUT2D eigenvalue weighted by Crippen LogP contribution is -2.39. The second-order valence-corrected chi connectivity index (χ2v) is 10.2. The first-order valence-corrected chi connectivity index (χ1v) is 11.9. The standard InChI is InChI=1S/C29H33NO4/c1-18(2)34-28(32)25-19(3)30-23-15-29(4,5)16-24(31)27(23)26(25)21-11-13-22(14-12-21)33-17-20-9-7-6-8-10-20/h6-14,18,26,30H,15-17H2,1-5H3/t26-/m0/s1. The molecule has 1 atom stereocenters. The fourth-order valence-electron chi connectivity index (χ4n) is 4.81. The van der Waals surface area contributed by atoms with Crippen LogP contribution in [0.3, 0.4) is 0 Å². The first-order chi connectivity index (χ1) is 16.1. The summed E-state index contributed by atoms with van der Waals surface area (Å²) in [6.45, 7) is 10.2. The number of allylic oxidation sites excluding steroid dienone is 3. The van der Waals surface area contributed by atoms with Gasteiger partial charge in [-0.05, 0) is 55.9 Å². The maximum absolute atomic E-state index is 13.4. The van der Waals surface area contributed by atoms with E-state index in [4.69, 9.17) is 9.47 Å². The van der Waals surface area contributed by atoms with E-state index in [0.29, 0.717) is 24.2 Å². The summed E-state index contributed by atoms with van der Waals surface area (Å²) in [5.41, 5.74) is 4.67. The van der Waals surface area contributed by atoms with E-state index in [1.54, 1.807) is 0 Å². The molecule has 2 aromatic rings. The number of hydrogen-bond donors (Lipinski definition) is 1. The van der Waals surface area contributed by atoms with Crippen molar-refractivity contribution in [3.05, 3.63) is 88.3 Å². The van der Waals surface area contributed by atoms with Gasteiger partial charge in [0.05, 0.1) is 11.7 Å². The molecule has 178 valence electrons. The summed E-state index contributed by atoms with van der Waals surface area (Å²) in [4.78, 5) is 26.5. The van der Waals surface area contributed by atoms with Gasteiger partial charge in [-0.15, -0.1) is 0 Å². The van der Waals surface area contributed by atoms with E-state index in [-0.39, 0.29) is 17.3 Å². The van der Waals surface area contributed by atoms with E-state index < -0.39 is 11.9 Å². The molecule has 1 aliphatic heterocycles. The van der Waals surface area contributed by atoms with Gasteiger partial charge in [0.15, 0.2) is 5.78 Å². The molecule has 1 N–H and O–H groups in total. The summed E-state index contributed by atoms with van der Waals surface area (Å²) < 4.78 is 11.5. The van der Waals surface area contributed by atoms with Crippen LogP contribution in [0.15, 0.2) is 77.1 Å². The van der Waals surface area contributed by atoms with E-state index in [9.17, 15) is 9.59 Å². The molecular formula is C29H33NO4. The van der Waals surface area contributed by atoms with Gasteiger partial charge in [-0.1, -0.05) is 56.3 Å².